The van der Waals surface area contributed by atoms with Gasteiger partial charge >= 0.3 is 0 Å². The molecule has 0 spiro atoms. The molecule has 1 N–H and O–H groups in total. The van der Waals surface area contributed by atoms with Crippen LogP contribution in [0.3, 0.4) is 0 Å². The van der Waals surface area contributed by atoms with Crippen LogP contribution in [0.4, 0.5) is 0 Å². The fourth-order valence-corrected chi connectivity index (χ4v) is 4.56. The van der Waals surface area contributed by atoms with Gasteiger partial charge in [0.05, 0.1) is 6.54 Å². The van der Waals surface area contributed by atoms with Crippen molar-refractivity contribution < 1.29 is 9.53 Å². The molecule has 1 atom stereocenters. The van der Waals surface area contributed by atoms with E-state index < -0.39 is 0 Å². The van der Waals surface area contributed by atoms with Crippen molar-refractivity contribution in [2.24, 2.45) is 4.99 Å². The summed E-state index contributed by atoms with van der Waals surface area (Å²) in [6, 6.07) is 0.735. The minimum absolute atomic E-state index is 0.174. The summed E-state index contributed by atoms with van der Waals surface area (Å²) < 4.78 is 5.56. The van der Waals surface area contributed by atoms with E-state index in [0.29, 0.717) is 0 Å². The Morgan fingerprint density at radius 3 is 2.43 bits per heavy atom. The molecule has 3 fully saturated rings. The summed E-state index contributed by atoms with van der Waals surface area (Å²) in [6.07, 6.45) is 8.48. The summed E-state index contributed by atoms with van der Waals surface area (Å²) >= 11 is 0. The van der Waals surface area contributed by atoms with Gasteiger partial charge in [0.15, 0.2) is 5.96 Å². The molecule has 3 aliphatic rings. The topological polar surface area (TPSA) is 60.4 Å². The number of carbonyl (C=O) groups is 1. The molecular weight excluding hydrogens is 354 g/mol. The van der Waals surface area contributed by atoms with Crippen molar-refractivity contribution in [3.63, 3.8) is 0 Å². The first-order valence-corrected chi connectivity index (χ1v) is 11.3. The maximum absolute atomic E-state index is 12.5. The van der Waals surface area contributed by atoms with E-state index in [-0.39, 0.29) is 12.0 Å². The first kappa shape index (κ1) is 21.4. The molecular formula is C21H39N5O2. The minimum atomic E-state index is -0.205. The summed E-state index contributed by atoms with van der Waals surface area (Å²) in [4.78, 5) is 24.2. The molecule has 3 rings (SSSR count). The Bertz CT molecular complexity index is 507. The zero-order chi connectivity index (χ0) is 19.8. The third-order valence-corrected chi connectivity index (χ3v) is 6.34. The lowest BCUT2D eigenvalue weighted by Gasteiger charge is -2.37. The third-order valence-electron chi connectivity index (χ3n) is 6.34. The van der Waals surface area contributed by atoms with Crippen LogP contribution < -0.4 is 5.32 Å². The second-order valence-electron chi connectivity index (χ2n) is 8.32. The first-order valence-electron chi connectivity index (χ1n) is 11.3. The summed E-state index contributed by atoms with van der Waals surface area (Å²) in [5.41, 5.74) is 0. The molecule has 0 aromatic heterocycles. The van der Waals surface area contributed by atoms with E-state index in [1.54, 1.807) is 0 Å². The number of hydrogen-bond donors (Lipinski definition) is 1. The van der Waals surface area contributed by atoms with Crippen molar-refractivity contribution in [2.75, 3.05) is 59.5 Å². The van der Waals surface area contributed by atoms with Crippen LogP contribution in [0, 0.1) is 0 Å². The predicted octanol–water partition coefficient (Wildman–Crippen LogP) is 1.54. The predicted molar refractivity (Wildman–Crippen MR) is 113 cm³/mol. The second kappa shape index (κ2) is 11.0. The average molecular weight is 394 g/mol. The van der Waals surface area contributed by atoms with Crippen LogP contribution in [0.25, 0.3) is 0 Å². The Labute approximate surface area is 170 Å². The van der Waals surface area contributed by atoms with Crippen molar-refractivity contribution >= 4 is 11.9 Å². The first-order chi connectivity index (χ1) is 13.7. The summed E-state index contributed by atoms with van der Waals surface area (Å²) in [7, 11) is 2.24. The molecule has 2 saturated heterocycles. The molecule has 1 saturated carbocycles. The maximum atomic E-state index is 12.5. The number of ether oxygens (including phenoxy) is 1. The Kier molecular flexibility index (Phi) is 8.40. The number of amides is 1. The highest BCUT2D eigenvalue weighted by Gasteiger charge is 2.30. The minimum Gasteiger partial charge on any atom is -0.368 e. The number of likely N-dealkylation sites (N-methyl/N-ethyl adjacent to an activating group) is 1. The normalized spacial score (nSPS) is 24.8. The van der Waals surface area contributed by atoms with Gasteiger partial charge in [-0.3, -0.25) is 9.79 Å². The maximum Gasteiger partial charge on any atom is 0.251 e. The standard InChI is InChI=1S/C21H39N5O2/c1-3-22-21(23-11-12-24(2)18-8-5-4-6-9-18)26-15-13-25(14-16-26)20(27)19-10-7-17-28-19/h18-19H,3-17H2,1-2H3,(H,22,23). The van der Waals surface area contributed by atoms with Crippen LogP contribution in [0.1, 0.15) is 51.9 Å². The number of rotatable bonds is 6. The smallest absolute Gasteiger partial charge is 0.251 e. The molecule has 28 heavy (non-hydrogen) atoms. The molecule has 0 aromatic rings. The Morgan fingerprint density at radius 1 is 1.07 bits per heavy atom. The SMILES string of the molecule is CCNC(=NCCN(C)C1CCCCC1)N1CCN(C(=O)C2CCCO2)CC1. The van der Waals surface area contributed by atoms with E-state index in [1.807, 2.05) is 4.90 Å². The second-order valence-corrected chi connectivity index (χ2v) is 8.32. The van der Waals surface area contributed by atoms with Gasteiger partial charge < -0.3 is 24.8 Å². The highest BCUT2D eigenvalue weighted by molar-refractivity contribution is 5.82. The molecule has 1 amide bonds. The summed E-state index contributed by atoms with van der Waals surface area (Å²) in [5, 5.41) is 3.43. The monoisotopic (exact) mass is 393 g/mol. The number of nitrogens with zero attached hydrogens (tertiary/aromatic N) is 4. The Morgan fingerprint density at radius 2 is 1.79 bits per heavy atom. The lowest BCUT2D eigenvalue weighted by Crippen LogP contribution is -2.55. The number of nitrogens with one attached hydrogen (secondary N) is 1. The van der Waals surface area contributed by atoms with Gasteiger partial charge in [0, 0.05) is 51.9 Å². The Hall–Kier alpha value is -1.34. The molecule has 1 unspecified atom stereocenters. The quantitative estimate of drug-likeness (QED) is 0.548. The molecule has 0 aromatic carbocycles. The molecule has 7 heteroatoms. The van der Waals surface area contributed by atoms with Gasteiger partial charge in [-0.15, -0.1) is 0 Å². The third kappa shape index (κ3) is 5.83. The van der Waals surface area contributed by atoms with Crippen molar-refractivity contribution in [3.8, 4) is 0 Å². The fourth-order valence-electron chi connectivity index (χ4n) is 4.56. The van der Waals surface area contributed by atoms with Crippen LogP contribution >= 0.6 is 0 Å². The lowest BCUT2D eigenvalue weighted by atomic mass is 9.94. The molecule has 0 radical (unpaired) electrons. The highest BCUT2D eigenvalue weighted by Crippen LogP contribution is 2.21. The van der Waals surface area contributed by atoms with Crippen molar-refractivity contribution in [1.29, 1.82) is 0 Å². The van der Waals surface area contributed by atoms with Crippen molar-refractivity contribution in [2.45, 2.75) is 64.0 Å². The molecule has 1 aliphatic carbocycles. The Balaban J connectivity index is 1.45. The van der Waals surface area contributed by atoms with Gasteiger partial charge in [0.1, 0.15) is 6.10 Å². The van der Waals surface area contributed by atoms with Gasteiger partial charge in [-0.25, -0.2) is 0 Å². The fraction of sp³-hybridized carbons (Fsp3) is 0.905. The average Bonchev–Trinajstić information content (AvgIpc) is 3.28. The molecule has 2 heterocycles. The van der Waals surface area contributed by atoms with Gasteiger partial charge in [0.25, 0.3) is 5.91 Å². The number of hydrogen-bond acceptors (Lipinski definition) is 4. The van der Waals surface area contributed by atoms with E-state index in [4.69, 9.17) is 9.73 Å². The van der Waals surface area contributed by atoms with Crippen LogP contribution in [-0.2, 0) is 9.53 Å². The molecule has 7 nitrogen and oxygen atoms in total. The van der Waals surface area contributed by atoms with Gasteiger partial charge in [-0.05, 0) is 39.7 Å². The molecule has 0 bridgehead atoms. The van der Waals surface area contributed by atoms with E-state index in [1.165, 1.54) is 32.1 Å². The largest absolute Gasteiger partial charge is 0.368 e. The van der Waals surface area contributed by atoms with Crippen LogP contribution in [0.2, 0.25) is 0 Å². The van der Waals surface area contributed by atoms with E-state index in [0.717, 1.165) is 77.3 Å². The zero-order valence-electron chi connectivity index (χ0n) is 17.9. The van der Waals surface area contributed by atoms with Gasteiger partial charge in [-0.2, -0.15) is 0 Å². The van der Waals surface area contributed by atoms with E-state index in [2.05, 4.69) is 29.1 Å². The van der Waals surface area contributed by atoms with Crippen LogP contribution in [0.15, 0.2) is 4.99 Å². The summed E-state index contributed by atoms with van der Waals surface area (Å²) in [6.45, 7) is 8.72. The number of guanidine groups is 1. The number of aliphatic imine (C=N–C) groups is 1. The van der Waals surface area contributed by atoms with E-state index >= 15 is 0 Å². The van der Waals surface area contributed by atoms with Crippen LogP contribution in [0.5, 0.6) is 0 Å². The number of piperazine rings is 1. The molecule has 2 aliphatic heterocycles. The lowest BCUT2D eigenvalue weighted by molar-refractivity contribution is -0.142. The molecule has 160 valence electrons. The summed E-state index contributed by atoms with van der Waals surface area (Å²) in [5.74, 6) is 1.16. The van der Waals surface area contributed by atoms with Crippen molar-refractivity contribution in [3.05, 3.63) is 0 Å². The highest BCUT2D eigenvalue weighted by atomic mass is 16.5. The van der Waals surface area contributed by atoms with Crippen LogP contribution in [-0.4, -0.2) is 98.2 Å². The van der Waals surface area contributed by atoms with Gasteiger partial charge in [-0.1, -0.05) is 19.3 Å². The number of carbonyl (C=O) groups excluding carboxylic acids is 1. The van der Waals surface area contributed by atoms with Gasteiger partial charge in [0.2, 0.25) is 0 Å². The zero-order valence-corrected chi connectivity index (χ0v) is 17.9. The van der Waals surface area contributed by atoms with E-state index in [9.17, 15) is 4.79 Å². The van der Waals surface area contributed by atoms with Crippen molar-refractivity contribution in [1.82, 2.24) is 20.0 Å².